The van der Waals surface area contributed by atoms with Crippen molar-refractivity contribution in [3.05, 3.63) is 35.9 Å². The number of hydrogen-bond acceptors (Lipinski definition) is 3. The van der Waals surface area contributed by atoms with Gasteiger partial charge in [0.05, 0.1) is 0 Å². The molecule has 0 unspecified atom stereocenters. The van der Waals surface area contributed by atoms with Crippen LogP contribution in [-0.4, -0.2) is 28.5 Å². The monoisotopic (exact) mass is 277 g/mol. The van der Waals surface area contributed by atoms with Crippen LogP contribution in [0.3, 0.4) is 0 Å². The maximum absolute atomic E-state index is 8.83. The van der Waals surface area contributed by atoms with Crippen LogP contribution >= 0.6 is 0 Å². The van der Waals surface area contributed by atoms with Crippen molar-refractivity contribution in [2.45, 2.75) is 46.7 Å². The SMILES string of the molecule is CC(C)N(CCC(C)(C)C(N)=NO)Cc1ccccc1. The third-order valence-electron chi connectivity index (χ3n) is 3.78. The Morgan fingerprint density at radius 2 is 1.90 bits per heavy atom. The highest BCUT2D eigenvalue weighted by Gasteiger charge is 2.25. The van der Waals surface area contributed by atoms with Gasteiger partial charge in [0.1, 0.15) is 5.84 Å². The molecule has 4 heteroatoms. The first-order valence-electron chi connectivity index (χ1n) is 7.13. The summed E-state index contributed by atoms with van der Waals surface area (Å²) in [5, 5.41) is 12.0. The van der Waals surface area contributed by atoms with Crippen LogP contribution in [0.5, 0.6) is 0 Å². The quantitative estimate of drug-likeness (QED) is 0.348. The Bertz CT molecular complexity index is 427. The molecule has 0 bridgehead atoms. The van der Waals surface area contributed by atoms with E-state index >= 15 is 0 Å². The summed E-state index contributed by atoms with van der Waals surface area (Å²) in [6.45, 7) is 10.2. The van der Waals surface area contributed by atoms with Gasteiger partial charge < -0.3 is 10.9 Å². The molecule has 0 heterocycles. The molecule has 0 aliphatic rings. The summed E-state index contributed by atoms with van der Waals surface area (Å²) in [6.07, 6.45) is 0.855. The van der Waals surface area contributed by atoms with Crippen molar-refractivity contribution in [2.24, 2.45) is 16.3 Å². The Hall–Kier alpha value is -1.55. The Morgan fingerprint density at radius 1 is 1.30 bits per heavy atom. The molecule has 0 aliphatic heterocycles. The van der Waals surface area contributed by atoms with E-state index < -0.39 is 0 Å². The average Bonchev–Trinajstić information content (AvgIpc) is 2.43. The van der Waals surface area contributed by atoms with Crippen molar-refractivity contribution in [1.82, 2.24) is 4.90 Å². The number of oxime groups is 1. The molecule has 4 nitrogen and oxygen atoms in total. The third kappa shape index (κ3) is 4.85. The van der Waals surface area contributed by atoms with Gasteiger partial charge in [-0.1, -0.05) is 49.3 Å². The van der Waals surface area contributed by atoms with E-state index in [1.807, 2.05) is 19.9 Å². The molecule has 0 radical (unpaired) electrons. The maximum Gasteiger partial charge on any atom is 0.144 e. The summed E-state index contributed by atoms with van der Waals surface area (Å²) < 4.78 is 0. The Kier molecular flexibility index (Phi) is 6.02. The molecule has 0 atom stereocenters. The van der Waals surface area contributed by atoms with E-state index in [1.54, 1.807) is 0 Å². The van der Waals surface area contributed by atoms with Crippen molar-refractivity contribution < 1.29 is 5.21 Å². The molecule has 20 heavy (non-hydrogen) atoms. The first kappa shape index (κ1) is 16.5. The van der Waals surface area contributed by atoms with E-state index in [1.165, 1.54) is 5.56 Å². The van der Waals surface area contributed by atoms with Crippen LogP contribution in [0.4, 0.5) is 0 Å². The minimum absolute atomic E-state index is 0.293. The zero-order valence-electron chi connectivity index (χ0n) is 13.0. The zero-order valence-corrected chi connectivity index (χ0v) is 13.0. The lowest BCUT2D eigenvalue weighted by atomic mass is 9.87. The average molecular weight is 277 g/mol. The minimum atomic E-state index is -0.293. The lowest BCUT2D eigenvalue weighted by Gasteiger charge is -2.31. The van der Waals surface area contributed by atoms with Gasteiger partial charge in [-0.15, -0.1) is 0 Å². The lowest BCUT2D eigenvalue weighted by molar-refractivity contribution is 0.191. The fourth-order valence-corrected chi connectivity index (χ4v) is 2.02. The second-order valence-electron chi connectivity index (χ2n) is 6.17. The van der Waals surface area contributed by atoms with E-state index in [0.29, 0.717) is 11.9 Å². The first-order chi connectivity index (χ1) is 9.36. The van der Waals surface area contributed by atoms with E-state index in [2.05, 4.69) is 48.2 Å². The molecule has 3 N–H and O–H groups in total. The van der Waals surface area contributed by atoms with Gasteiger partial charge in [0.2, 0.25) is 0 Å². The fourth-order valence-electron chi connectivity index (χ4n) is 2.02. The molecule has 1 rings (SSSR count). The molecular formula is C16H27N3O. The largest absolute Gasteiger partial charge is 0.409 e. The molecule has 0 aromatic heterocycles. The first-order valence-corrected chi connectivity index (χ1v) is 7.13. The number of nitrogens with zero attached hydrogens (tertiary/aromatic N) is 2. The summed E-state index contributed by atoms with van der Waals surface area (Å²) in [5.41, 5.74) is 6.76. The zero-order chi connectivity index (χ0) is 15.2. The Balaban J connectivity index is 2.65. The topological polar surface area (TPSA) is 61.8 Å². The van der Waals surface area contributed by atoms with Crippen molar-refractivity contribution in [2.75, 3.05) is 6.54 Å². The maximum atomic E-state index is 8.83. The van der Waals surface area contributed by atoms with E-state index in [9.17, 15) is 0 Å². The van der Waals surface area contributed by atoms with Gasteiger partial charge in [-0.25, -0.2) is 0 Å². The van der Waals surface area contributed by atoms with Crippen LogP contribution in [0.25, 0.3) is 0 Å². The van der Waals surface area contributed by atoms with Crippen LogP contribution in [0.1, 0.15) is 39.7 Å². The molecule has 0 aliphatic carbocycles. The number of benzene rings is 1. The van der Waals surface area contributed by atoms with E-state index in [4.69, 9.17) is 10.9 Å². The predicted octanol–water partition coefficient (Wildman–Crippen LogP) is 3.06. The van der Waals surface area contributed by atoms with Gasteiger partial charge in [-0.2, -0.15) is 0 Å². The number of hydrogen-bond donors (Lipinski definition) is 2. The van der Waals surface area contributed by atoms with Crippen LogP contribution in [0.15, 0.2) is 35.5 Å². The normalized spacial score (nSPS) is 13.2. The molecule has 0 saturated heterocycles. The smallest absolute Gasteiger partial charge is 0.144 e. The van der Waals surface area contributed by atoms with Crippen LogP contribution < -0.4 is 5.73 Å². The van der Waals surface area contributed by atoms with Crippen molar-refractivity contribution in [3.8, 4) is 0 Å². The van der Waals surface area contributed by atoms with Gasteiger partial charge in [-0.05, 0) is 32.4 Å². The summed E-state index contributed by atoms with van der Waals surface area (Å²) in [5.74, 6) is 0.293. The van der Waals surface area contributed by atoms with Gasteiger partial charge in [0.15, 0.2) is 0 Å². The standard InChI is InChI=1S/C16H27N3O/c1-13(2)19(12-14-8-6-5-7-9-14)11-10-16(3,4)15(17)18-20/h5-9,13,20H,10-12H2,1-4H3,(H2,17,18). The van der Waals surface area contributed by atoms with Crippen LogP contribution in [-0.2, 0) is 6.54 Å². The summed E-state index contributed by atoms with van der Waals surface area (Å²) >= 11 is 0. The highest BCUT2D eigenvalue weighted by atomic mass is 16.4. The fraction of sp³-hybridized carbons (Fsp3) is 0.562. The van der Waals surface area contributed by atoms with Crippen molar-refractivity contribution >= 4 is 5.84 Å². The molecule has 0 amide bonds. The van der Waals surface area contributed by atoms with E-state index in [0.717, 1.165) is 19.5 Å². The number of amidine groups is 1. The molecule has 1 aromatic carbocycles. The van der Waals surface area contributed by atoms with Gasteiger partial charge >= 0.3 is 0 Å². The van der Waals surface area contributed by atoms with Gasteiger partial charge in [0, 0.05) is 18.0 Å². The summed E-state index contributed by atoms with van der Waals surface area (Å²) in [4.78, 5) is 2.40. The second-order valence-corrected chi connectivity index (χ2v) is 6.17. The number of nitrogens with two attached hydrogens (primary N) is 1. The van der Waals surface area contributed by atoms with E-state index in [-0.39, 0.29) is 5.41 Å². The van der Waals surface area contributed by atoms with Gasteiger partial charge in [-0.3, -0.25) is 4.90 Å². The van der Waals surface area contributed by atoms with Crippen molar-refractivity contribution in [1.29, 1.82) is 0 Å². The predicted molar refractivity (Wildman–Crippen MR) is 83.8 cm³/mol. The molecular weight excluding hydrogens is 250 g/mol. The molecule has 1 aromatic rings. The second kappa shape index (κ2) is 7.29. The van der Waals surface area contributed by atoms with Crippen LogP contribution in [0.2, 0.25) is 0 Å². The Morgan fingerprint density at radius 3 is 2.40 bits per heavy atom. The Labute approximate surface area is 122 Å². The van der Waals surface area contributed by atoms with Gasteiger partial charge in [0.25, 0.3) is 0 Å². The molecule has 0 saturated carbocycles. The molecule has 112 valence electrons. The highest BCUT2D eigenvalue weighted by molar-refractivity contribution is 5.85. The summed E-state index contributed by atoms with van der Waals surface area (Å²) in [6, 6.07) is 10.9. The summed E-state index contributed by atoms with van der Waals surface area (Å²) in [7, 11) is 0. The van der Waals surface area contributed by atoms with Crippen molar-refractivity contribution in [3.63, 3.8) is 0 Å². The third-order valence-corrected chi connectivity index (χ3v) is 3.78. The minimum Gasteiger partial charge on any atom is -0.409 e. The number of rotatable bonds is 7. The highest BCUT2D eigenvalue weighted by Crippen LogP contribution is 2.22. The molecule has 0 spiro atoms. The molecule has 0 fully saturated rings. The van der Waals surface area contributed by atoms with Crippen LogP contribution in [0, 0.1) is 5.41 Å². The lowest BCUT2D eigenvalue weighted by Crippen LogP contribution is -2.38.